The molecule has 0 atom stereocenters. The number of nitrogens with one attached hydrogen (secondary N) is 1. The number of hydrogen-bond donors (Lipinski definition) is 1. The Bertz CT molecular complexity index is 574. The van der Waals surface area contributed by atoms with Gasteiger partial charge in [0.25, 0.3) is 5.56 Å². The average molecular weight is 269 g/mol. The van der Waals surface area contributed by atoms with E-state index in [1.54, 1.807) is 12.1 Å². The molecule has 2 aromatic rings. The number of H-pyrrole nitrogens is 1. The summed E-state index contributed by atoms with van der Waals surface area (Å²) in [7, 11) is 0. The normalized spacial score (nSPS) is 11.1. The van der Waals surface area contributed by atoms with Gasteiger partial charge in [0.2, 0.25) is 0 Å². The van der Waals surface area contributed by atoms with Crippen molar-refractivity contribution >= 4 is 22.9 Å². The zero-order valence-corrected chi connectivity index (χ0v) is 11.2. The first kappa shape index (κ1) is 12.3. The fourth-order valence-electron chi connectivity index (χ4n) is 1.59. The maximum Gasteiger partial charge on any atom is 0.251 e. The van der Waals surface area contributed by atoms with Crippen LogP contribution in [0.3, 0.4) is 0 Å². The summed E-state index contributed by atoms with van der Waals surface area (Å²) < 4.78 is 0.692. The maximum atomic E-state index is 11.5. The maximum absolute atomic E-state index is 11.5. The number of aromatic amines is 1. The molecule has 0 aliphatic heterocycles. The lowest BCUT2D eigenvalue weighted by atomic mass is 10.1. The van der Waals surface area contributed by atoms with Crippen LogP contribution < -0.4 is 5.56 Å². The van der Waals surface area contributed by atoms with E-state index in [0.29, 0.717) is 16.1 Å². The molecule has 1 N–H and O–H groups in total. The molecule has 0 aromatic carbocycles. The lowest BCUT2D eigenvalue weighted by Gasteiger charge is -2.05. The summed E-state index contributed by atoms with van der Waals surface area (Å²) in [6.45, 7) is 4.20. The van der Waals surface area contributed by atoms with E-state index in [9.17, 15) is 4.79 Å². The Labute approximate surface area is 108 Å². The van der Waals surface area contributed by atoms with Gasteiger partial charge >= 0.3 is 0 Å². The number of aromatic nitrogens is 2. The molecule has 0 saturated carbocycles. The fraction of sp³-hybridized carbons (Fsp3) is 0.333. The van der Waals surface area contributed by atoms with E-state index in [-0.39, 0.29) is 5.56 Å². The van der Waals surface area contributed by atoms with Crippen LogP contribution in [0, 0.1) is 5.92 Å². The minimum absolute atomic E-state index is 0.116. The fourth-order valence-corrected chi connectivity index (χ4v) is 2.58. The minimum atomic E-state index is -0.116. The van der Waals surface area contributed by atoms with E-state index in [1.807, 2.05) is 6.07 Å². The van der Waals surface area contributed by atoms with E-state index >= 15 is 0 Å². The van der Waals surface area contributed by atoms with Crippen molar-refractivity contribution in [2.75, 3.05) is 0 Å². The highest BCUT2D eigenvalue weighted by atomic mass is 35.5. The molecule has 2 heterocycles. The molecule has 0 amide bonds. The number of hydrogen-bond acceptors (Lipinski definition) is 3. The van der Waals surface area contributed by atoms with Crippen LogP contribution in [0.5, 0.6) is 0 Å². The molecule has 17 heavy (non-hydrogen) atoms. The molecule has 2 rings (SSSR count). The lowest BCUT2D eigenvalue weighted by molar-refractivity contribution is 0.634. The largest absolute Gasteiger partial charge is 0.306 e. The molecule has 0 unspecified atom stereocenters. The van der Waals surface area contributed by atoms with E-state index in [1.165, 1.54) is 11.3 Å². The third-order valence-corrected chi connectivity index (χ3v) is 3.46. The zero-order valence-electron chi connectivity index (χ0n) is 9.66. The third-order valence-electron chi connectivity index (χ3n) is 2.22. The molecule has 0 bridgehead atoms. The second-order valence-electron chi connectivity index (χ2n) is 4.29. The number of nitrogens with zero attached hydrogens (tertiary/aromatic N) is 1. The first-order chi connectivity index (χ1) is 8.04. The molecule has 0 aliphatic rings. The third kappa shape index (κ3) is 3.17. The SMILES string of the molecule is CC(C)Cc1cc(=O)[nH]c(-c2ccc(Cl)s2)n1. The topological polar surface area (TPSA) is 45.8 Å². The van der Waals surface area contributed by atoms with E-state index < -0.39 is 0 Å². The average Bonchev–Trinajstić information content (AvgIpc) is 2.62. The van der Waals surface area contributed by atoms with Crippen molar-refractivity contribution in [3.63, 3.8) is 0 Å². The van der Waals surface area contributed by atoms with Gasteiger partial charge in [0, 0.05) is 11.8 Å². The molecular weight excluding hydrogens is 256 g/mol. The Morgan fingerprint density at radius 2 is 2.24 bits per heavy atom. The van der Waals surface area contributed by atoms with Crippen molar-refractivity contribution < 1.29 is 0 Å². The second-order valence-corrected chi connectivity index (χ2v) is 6.00. The summed E-state index contributed by atoms with van der Waals surface area (Å²) in [4.78, 5) is 19.6. The Hall–Kier alpha value is -1.13. The van der Waals surface area contributed by atoms with Gasteiger partial charge in [-0.1, -0.05) is 25.4 Å². The van der Waals surface area contributed by atoms with E-state index in [2.05, 4.69) is 23.8 Å². The summed E-state index contributed by atoms with van der Waals surface area (Å²) in [6, 6.07) is 5.22. The van der Waals surface area contributed by atoms with Crippen molar-refractivity contribution in [1.82, 2.24) is 9.97 Å². The highest BCUT2D eigenvalue weighted by Gasteiger charge is 2.07. The Morgan fingerprint density at radius 1 is 1.47 bits per heavy atom. The predicted molar refractivity (Wildman–Crippen MR) is 71.7 cm³/mol. The Kier molecular flexibility index (Phi) is 3.64. The van der Waals surface area contributed by atoms with Gasteiger partial charge in [0.15, 0.2) is 5.82 Å². The molecule has 0 fully saturated rings. The van der Waals surface area contributed by atoms with Crippen LogP contribution in [0.25, 0.3) is 10.7 Å². The molecule has 5 heteroatoms. The monoisotopic (exact) mass is 268 g/mol. The van der Waals surface area contributed by atoms with Crippen molar-refractivity contribution in [2.45, 2.75) is 20.3 Å². The summed E-state index contributed by atoms with van der Waals surface area (Å²) in [5.41, 5.74) is 0.707. The van der Waals surface area contributed by atoms with Gasteiger partial charge in [-0.25, -0.2) is 4.98 Å². The van der Waals surface area contributed by atoms with Gasteiger partial charge < -0.3 is 4.98 Å². The standard InChI is InChI=1S/C12H13ClN2OS/c1-7(2)5-8-6-11(16)15-12(14-8)9-3-4-10(13)17-9/h3-4,6-7H,5H2,1-2H3,(H,14,15,16). The van der Waals surface area contributed by atoms with Gasteiger partial charge in [-0.15, -0.1) is 11.3 Å². The quantitative estimate of drug-likeness (QED) is 0.928. The molecule has 90 valence electrons. The van der Waals surface area contributed by atoms with E-state index in [4.69, 9.17) is 11.6 Å². The predicted octanol–water partition coefficient (Wildman–Crippen LogP) is 3.35. The van der Waals surface area contributed by atoms with Crippen LogP contribution in [0.2, 0.25) is 4.34 Å². The molecule has 0 spiro atoms. The van der Waals surface area contributed by atoms with Crippen LogP contribution >= 0.6 is 22.9 Å². The number of halogens is 1. The second kappa shape index (κ2) is 5.02. The van der Waals surface area contributed by atoms with Crippen LogP contribution in [-0.4, -0.2) is 9.97 Å². The highest BCUT2D eigenvalue weighted by molar-refractivity contribution is 7.19. The van der Waals surface area contributed by atoms with Crippen LogP contribution in [-0.2, 0) is 6.42 Å². The van der Waals surface area contributed by atoms with Crippen LogP contribution in [0.1, 0.15) is 19.5 Å². The van der Waals surface area contributed by atoms with Crippen molar-refractivity contribution in [2.24, 2.45) is 5.92 Å². The Balaban J connectivity index is 2.41. The lowest BCUT2D eigenvalue weighted by Crippen LogP contribution is -2.11. The zero-order chi connectivity index (χ0) is 12.4. The van der Waals surface area contributed by atoms with Gasteiger partial charge in [-0.2, -0.15) is 0 Å². The first-order valence-electron chi connectivity index (χ1n) is 5.40. The molecule has 0 radical (unpaired) electrons. The van der Waals surface area contributed by atoms with Crippen molar-refractivity contribution in [1.29, 1.82) is 0 Å². The minimum Gasteiger partial charge on any atom is -0.306 e. The van der Waals surface area contributed by atoms with Gasteiger partial charge in [0.05, 0.1) is 9.21 Å². The number of thiophene rings is 1. The summed E-state index contributed by atoms with van der Waals surface area (Å²) in [5, 5.41) is 0. The van der Waals surface area contributed by atoms with Gasteiger partial charge in [0.1, 0.15) is 0 Å². The van der Waals surface area contributed by atoms with Gasteiger partial charge in [-0.05, 0) is 24.5 Å². The molecule has 0 aliphatic carbocycles. The Morgan fingerprint density at radius 3 is 2.82 bits per heavy atom. The van der Waals surface area contributed by atoms with Gasteiger partial charge in [-0.3, -0.25) is 4.79 Å². The summed E-state index contributed by atoms with van der Waals surface area (Å²) in [6.07, 6.45) is 0.802. The molecule has 0 saturated heterocycles. The van der Waals surface area contributed by atoms with E-state index in [0.717, 1.165) is 17.0 Å². The highest BCUT2D eigenvalue weighted by Crippen LogP contribution is 2.28. The molecule has 3 nitrogen and oxygen atoms in total. The number of rotatable bonds is 3. The molecule has 2 aromatic heterocycles. The van der Waals surface area contributed by atoms with Crippen LogP contribution in [0.4, 0.5) is 0 Å². The smallest absolute Gasteiger partial charge is 0.251 e. The van der Waals surface area contributed by atoms with Crippen molar-refractivity contribution in [3.05, 3.63) is 38.6 Å². The molecular formula is C12H13ClN2OS. The van der Waals surface area contributed by atoms with Crippen LogP contribution in [0.15, 0.2) is 23.0 Å². The first-order valence-corrected chi connectivity index (χ1v) is 6.60. The van der Waals surface area contributed by atoms with Crippen molar-refractivity contribution in [3.8, 4) is 10.7 Å². The summed E-state index contributed by atoms with van der Waals surface area (Å²) >= 11 is 7.28. The summed E-state index contributed by atoms with van der Waals surface area (Å²) in [5.74, 6) is 1.08.